The number of carbonyl (C=O) groups is 1. The Hall–Kier alpha value is -1.36. The van der Waals surface area contributed by atoms with E-state index in [1.165, 1.54) is 12.8 Å². The Kier molecular flexibility index (Phi) is 5.17. The highest BCUT2D eigenvalue weighted by Crippen LogP contribution is 2.24. The van der Waals surface area contributed by atoms with Crippen LogP contribution in [-0.4, -0.2) is 28.5 Å². The third kappa shape index (κ3) is 3.60. The molecular formula is C15H26N4O. The molecule has 5 heteroatoms. The van der Waals surface area contributed by atoms with Gasteiger partial charge < -0.3 is 15.2 Å². The van der Waals surface area contributed by atoms with Crippen molar-refractivity contribution >= 4 is 5.91 Å². The SMILES string of the molecule is CC(C)CNC(=O)C(C)n1cncc1C1CCCCN1. The molecule has 2 unspecified atom stereocenters. The van der Waals surface area contributed by atoms with Gasteiger partial charge in [0.25, 0.3) is 0 Å². The van der Waals surface area contributed by atoms with Crippen LogP contribution < -0.4 is 10.6 Å². The highest BCUT2D eigenvalue weighted by atomic mass is 16.2. The van der Waals surface area contributed by atoms with Gasteiger partial charge in [0.15, 0.2) is 0 Å². The van der Waals surface area contributed by atoms with Gasteiger partial charge in [-0.3, -0.25) is 4.79 Å². The predicted molar refractivity (Wildman–Crippen MR) is 79.4 cm³/mol. The maximum Gasteiger partial charge on any atom is 0.242 e. The maximum atomic E-state index is 12.2. The first kappa shape index (κ1) is 15.0. The van der Waals surface area contributed by atoms with Crippen molar-refractivity contribution in [2.75, 3.05) is 13.1 Å². The molecule has 1 fully saturated rings. The van der Waals surface area contributed by atoms with Gasteiger partial charge >= 0.3 is 0 Å². The standard InChI is InChI=1S/C15H26N4O/c1-11(2)8-18-15(20)12(3)19-10-16-9-14(19)13-6-4-5-7-17-13/h9-13,17H,4-8H2,1-3H3,(H,18,20). The predicted octanol–water partition coefficient (Wildman–Crippen LogP) is 2.03. The van der Waals surface area contributed by atoms with Gasteiger partial charge in [0.1, 0.15) is 6.04 Å². The summed E-state index contributed by atoms with van der Waals surface area (Å²) in [6, 6.07) is 0.113. The monoisotopic (exact) mass is 278 g/mol. The molecule has 1 aliphatic rings. The van der Waals surface area contributed by atoms with Crippen molar-refractivity contribution in [3.63, 3.8) is 0 Å². The average molecular weight is 278 g/mol. The van der Waals surface area contributed by atoms with E-state index in [0.29, 0.717) is 12.0 Å². The van der Waals surface area contributed by atoms with Crippen molar-refractivity contribution in [1.29, 1.82) is 0 Å². The van der Waals surface area contributed by atoms with Gasteiger partial charge in [-0.05, 0) is 32.2 Å². The van der Waals surface area contributed by atoms with E-state index in [-0.39, 0.29) is 11.9 Å². The minimum atomic E-state index is -0.213. The number of aromatic nitrogens is 2. The van der Waals surface area contributed by atoms with E-state index < -0.39 is 0 Å². The highest BCUT2D eigenvalue weighted by Gasteiger charge is 2.23. The van der Waals surface area contributed by atoms with Crippen molar-refractivity contribution in [1.82, 2.24) is 20.2 Å². The molecule has 0 aliphatic carbocycles. The number of hydrogen-bond donors (Lipinski definition) is 2. The number of nitrogens with one attached hydrogen (secondary N) is 2. The van der Waals surface area contributed by atoms with Crippen molar-refractivity contribution in [2.45, 2.75) is 52.1 Å². The first-order chi connectivity index (χ1) is 9.59. The molecule has 0 radical (unpaired) electrons. The van der Waals surface area contributed by atoms with Crippen LogP contribution in [0.5, 0.6) is 0 Å². The molecule has 1 amide bonds. The van der Waals surface area contributed by atoms with E-state index in [4.69, 9.17) is 0 Å². The summed E-state index contributed by atoms with van der Waals surface area (Å²) < 4.78 is 2.00. The van der Waals surface area contributed by atoms with Crippen LogP contribution in [0.2, 0.25) is 0 Å². The van der Waals surface area contributed by atoms with Gasteiger partial charge in [0, 0.05) is 18.8 Å². The zero-order valence-corrected chi connectivity index (χ0v) is 12.7. The summed E-state index contributed by atoms with van der Waals surface area (Å²) >= 11 is 0. The minimum absolute atomic E-state index is 0.0637. The lowest BCUT2D eigenvalue weighted by molar-refractivity contribution is -0.124. The normalized spacial score (nSPS) is 20.9. The molecule has 2 heterocycles. The molecule has 0 aromatic carbocycles. The third-order valence-electron chi connectivity index (χ3n) is 3.84. The number of piperidine rings is 1. The van der Waals surface area contributed by atoms with Crippen LogP contribution in [0.25, 0.3) is 0 Å². The number of rotatable bonds is 5. The summed E-state index contributed by atoms with van der Waals surface area (Å²) in [5, 5.41) is 6.51. The van der Waals surface area contributed by atoms with Crippen molar-refractivity contribution < 1.29 is 4.79 Å². The van der Waals surface area contributed by atoms with Crippen molar-refractivity contribution in [3.05, 3.63) is 18.2 Å². The number of amides is 1. The largest absolute Gasteiger partial charge is 0.354 e. The molecule has 5 nitrogen and oxygen atoms in total. The van der Waals surface area contributed by atoms with Gasteiger partial charge in [0.05, 0.1) is 12.0 Å². The Bertz CT molecular complexity index is 435. The Morgan fingerprint density at radius 3 is 2.95 bits per heavy atom. The summed E-state index contributed by atoms with van der Waals surface area (Å²) in [4.78, 5) is 16.4. The Morgan fingerprint density at radius 1 is 1.50 bits per heavy atom. The molecule has 0 bridgehead atoms. The average Bonchev–Trinajstić information content (AvgIpc) is 2.94. The lowest BCUT2D eigenvalue weighted by Gasteiger charge is -2.26. The molecule has 2 atom stereocenters. The second-order valence-corrected chi connectivity index (χ2v) is 6.04. The van der Waals surface area contributed by atoms with E-state index in [9.17, 15) is 4.79 Å². The van der Waals surface area contributed by atoms with E-state index in [0.717, 1.165) is 25.2 Å². The van der Waals surface area contributed by atoms with Crippen LogP contribution in [-0.2, 0) is 4.79 Å². The second-order valence-electron chi connectivity index (χ2n) is 6.04. The first-order valence-corrected chi connectivity index (χ1v) is 7.62. The number of hydrogen-bond acceptors (Lipinski definition) is 3. The van der Waals surface area contributed by atoms with E-state index in [2.05, 4.69) is 29.5 Å². The smallest absolute Gasteiger partial charge is 0.242 e. The minimum Gasteiger partial charge on any atom is -0.354 e. The van der Waals surface area contributed by atoms with Gasteiger partial charge in [0.2, 0.25) is 5.91 Å². The quantitative estimate of drug-likeness (QED) is 0.866. The fourth-order valence-corrected chi connectivity index (χ4v) is 2.59. The Labute approximate surface area is 121 Å². The molecule has 1 aromatic heterocycles. The Morgan fingerprint density at radius 2 is 2.30 bits per heavy atom. The molecule has 1 saturated heterocycles. The molecule has 0 spiro atoms. The maximum absolute atomic E-state index is 12.2. The zero-order valence-electron chi connectivity index (χ0n) is 12.7. The Balaban J connectivity index is 2.04. The highest BCUT2D eigenvalue weighted by molar-refractivity contribution is 5.79. The van der Waals surface area contributed by atoms with Crippen molar-refractivity contribution in [3.8, 4) is 0 Å². The van der Waals surface area contributed by atoms with Gasteiger partial charge in [-0.25, -0.2) is 4.98 Å². The summed E-state index contributed by atoms with van der Waals surface area (Å²) in [7, 11) is 0. The van der Waals surface area contributed by atoms with Crippen LogP contribution in [0.1, 0.15) is 57.8 Å². The number of nitrogens with zero attached hydrogens (tertiary/aromatic N) is 2. The molecule has 2 N–H and O–H groups in total. The van der Waals surface area contributed by atoms with Crippen LogP contribution >= 0.6 is 0 Å². The van der Waals surface area contributed by atoms with Crippen LogP contribution in [0.15, 0.2) is 12.5 Å². The summed E-state index contributed by atoms with van der Waals surface area (Å²) in [6.07, 6.45) is 7.23. The van der Waals surface area contributed by atoms with E-state index in [1.54, 1.807) is 6.33 Å². The lowest BCUT2D eigenvalue weighted by Crippen LogP contribution is -2.35. The van der Waals surface area contributed by atoms with Crippen LogP contribution in [0.4, 0.5) is 0 Å². The summed E-state index contributed by atoms with van der Waals surface area (Å²) in [5.74, 6) is 0.530. The third-order valence-corrected chi connectivity index (χ3v) is 3.84. The first-order valence-electron chi connectivity index (χ1n) is 7.62. The van der Waals surface area contributed by atoms with Crippen molar-refractivity contribution in [2.24, 2.45) is 5.92 Å². The fraction of sp³-hybridized carbons (Fsp3) is 0.733. The molecule has 112 valence electrons. The molecular weight excluding hydrogens is 252 g/mol. The molecule has 0 saturated carbocycles. The van der Waals surface area contributed by atoms with E-state index in [1.807, 2.05) is 17.7 Å². The number of imidazole rings is 1. The topological polar surface area (TPSA) is 59.0 Å². The molecule has 1 aliphatic heterocycles. The fourth-order valence-electron chi connectivity index (χ4n) is 2.59. The molecule has 2 rings (SSSR count). The molecule has 20 heavy (non-hydrogen) atoms. The van der Waals surface area contributed by atoms with E-state index >= 15 is 0 Å². The lowest BCUT2D eigenvalue weighted by atomic mass is 10.0. The summed E-state index contributed by atoms with van der Waals surface area (Å²) in [5.41, 5.74) is 1.12. The second kappa shape index (κ2) is 6.88. The zero-order chi connectivity index (χ0) is 14.5. The summed E-state index contributed by atoms with van der Waals surface area (Å²) in [6.45, 7) is 7.89. The van der Waals surface area contributed by atoms with Crippen LogP contribution in [0, 0.1) is 5.92 Å². The number of carbonyl (C=O) groups excluding carboxylic acids is 1. The van der Waals surface area contributed by atoms with Gasteiger partial charge in [-0.1, -0.05) is 20.3 Å². The van der Waals surface area contributed by atoms with Gasteiger partial charge in [-0.2, -0.15) is 0 Å². The molecule has 1 aromatic rings. The van der Waals surface area contributed by atoms with Crippen LogP contribution in [0.3, 0.4) is 0 Å². The van der Waals surface area contributed by atoms with Gasteiger partial charge in [-0.15, -0.1) is 0 Å².